The molecule has 6 nitrogen and oxygen atoms in total. The van der Waals surface area contributed by atoms with Crippen LogP contribution in [-0.2, 0) is 9.53 Å². The third kappa shape index (κ3) is 5.30. The summed E-state index contributed by atoms with van der Waals surface area (Å²) in [6.45, 7) is 3.37. The quantitative estimate of drug-likeness (QED) is 0.470. The SMILES string of the molecule is CC(C)C(=O)CCCCCC1OC(CO)C(O)C(O)C1O. The van der Waals surface area contributed by atoms with Gasteiger partial charge in [0, 0.05) is 12.3 Å². The van der Waals surface area contributed by atoms with E-state index in [1.807, 2.05) is 13.8 Å². The van der Waals surface area contributed by atoms with Gasteiger partial charge < -0.3 is 25.2 Å². The standard InChI is InChI=1S/C15H28O6/c1-9(2)10(17)6-4-3-5-7-11-13(18)15(20)14(19)12(8-16)21-11/h9,11-16,18-20H,3-8H2,1-2H3. The summed E-state index contributed by atoms with van der Waals surface area (Å²) in [5.41, 5.74) is 0. The summed E-state index contributed by atoms with van der Waals surface area (Å²) < 4.78 is 5.42. The zero-order valence-corrected chi connectivity index (χ0v) is 12.8. The van der Waals surface area contributed by atoms with E-state index in [4.69, 9.17) is 9.84 Å². The molecular weight excluding hydrogens is 276 g/mol. The van der Waals surface area contributed by atoms with Crippen molar-refractivity contribution in [3.05, 3.63) is 0 Å². The Balaban J connectivity index is 2.29. The highest BCUT2D eigenvalue weighted by Crippen LogP contribution is 2.24. The molecule has 1 saturated heterocycles. The van der Waals surface area contributed by atoms with Crippen LogP contribution >= 0.6 is 0 Å². The van der Waals surface area contributed by atoms with Gasteiger partial charge in [-0.2, -0.15) is 0 Å². The minimum atomic E-state index is -1.30. The number of Topliss-reactive ketones (excluding diaryl/α,β-unsaturated/α-hetero) is 1. The lowest BCUT2D eigenvalue weighted by molar-refractivity contribution is -0.230. The highest BCUT2D eigenvalue weighted by atomic mass is 16.5. The van der Waals surface area contributed by atoms with Crippen molar-refractivity contribution in [2.75, 3.05) is 6.61 Å². The van der Waals surface area contributed by atoms with Crippen LogP contribution in [-0.4, -0.2) is 63.3 Å². The molecule has 0 bridgehead atoms. The minimum absolute atomic E-state index is 0.0652. The number of carbonyl (C=O) groups is 1. The first-order valence-corrected chi connectivity index (χ1v) is 7.71. The van der Waals surface area contributed by atoms with Crippen molar-refractivity contribution in [3.8, 4) is 0 Å². The molecule has 6 heteroatoms. The smallest absolute Gasteiger partial charge is 0.135 e. The van der Waals surface area contributed by atoms with Crippen LogP contribution in [0, 0.1) is 5.92 Å². The van der Waals surface area contributed by atoms with Crippen LogP contribution in [0.25, 0.3) is 0 Å². The van der Waals surface area contributed by atoms with E-state index in [9.17, 15) is 20.1 Å². The highest BCUT2D eigenvalue weighted by molar-refractivity contribution is 5.80. The number of ketones is 1. The van der Waals surface area contributed by atoms with Crippen LogP contribution in [0.2, 0.25) is 0 Å². The van der Waals surface area contributed by atoms with Gasteiger partial charge in [-0.1, -0.05) is 26.7 Å². The maximum absolute atomic E-state index is 11.5. The van der Waals surface area contributed by atoms with Gasteiger partial charge in [-0.25, -0.2) is 0 Å². The molecule has 0 aromatic rings. The van der Waals surface area contributed by atoms with E-state index in [0.717, 1.165) is 19.3 Å². The number of unbranched alkanes of at least 4 members (excludes halogenated alkanes) is 2. The predicted molar refractivity (Wildman–Crippen MR) is 76.7 cm³/mol. The summed E-state index contributed by atoms with van der Waals surface area (Å²) in [5, 5.41) is 38.3. The lowest BCUT2D eigenvalue weighted by Crippen LogP contribution is -2.58. The van der Waals surface area contributed by atoms with Gasteiger partial charge in [0.1, 0.15) is 30.2 Å². The van der Waals surface area contributed by atoms with Crippen LogP contribution in [0.15, 0.2) is 0 Å². The number of hydrogen-bond acceptors (Lipinski definition) is 6. The largest absolute Gasteiger partial charge is 0.394 e. The molecule has 4 N–H and O–H groups in total. The molecule has 1 fully saturated rings. The summed E-state index contributed by atoms with van der Waals surface area (Å²) in [6, 6.07) is 0. The number of carbonyl (C=O) groups excluding carboxylic acids is 1. The monoisotopic (exact) mass is 304 g/mol. The zero-order chi connectivity index (χ0) is 16.0. The summed E-state index contributed by atoms with van der Waals surface area (Å²) >= 11 is 0. The van der Waals surface area contributed by atoms with Crippen molar-refractivity contribution in [1.82, 2.24) is 0 Å². The second kappa shape index (κ2) is 8.80. The Kier molecular flexibility index (Phi) is 7.76. The topological polar surface area (TPSA) is 107 Å². The molecule has 5 atom stereocenters. The Labute approximate surface area is 125 Å². The number of aliphatic hydroxyl groups excluding tert-OH is 4. The summed E-state index contributed by atoms with van der Waals surface area (Å²) in [7, 11) is 0. The molecule has 1 aliphatic heterocycles. The van der Waals surface area contributed by atoms with Gasteiger partial charge >= 0.3 is 0 Å². The lowest BCUT2D eigenvalue weighted by atomic mass is 9.92. The van der Waals surface area contributed by atoms with Crippen LogP contribution in [0.1, 0.15) is 46.0 Å². The third-order valence-corrected chi connectivity index (χ3v) is 4.05. The second-order valence-corrected chi connectivity index (χ2v) is 6.09. The second-order valence-electron chi connectivity index (χ2n) is 6.09. The van der Waals surface area contributed by atoms with Crippen molar-refractivity contribution in [2.45, 2.75) is 76.5 Å². The predicted octanol–water partition coefficient (Wildman–Crippen LogP) is 0.00440. The minimum Gasteiger partial charge on any atom is -0.394 e. The molecule has 1 aliphatic rings. The molecule has 1 rings (SSSR count). The maximum atomic E-state index is 11.5. The van der Waals surface area contributed by atoms with Gasteiger partial charge in [-0.3, -0.25) is 4.79 Å². The Hall–Kier alpha value is -0.530. The Bertz CT molecular complexity index is 317. The van der Waals surface area contributed by atoms with E-state index in [0.29, 0.717) is 12.8 Å². The van der Waals surface area contributed by atoms with Crippen molar-refractivity contribution in [2.24, 2.45) is 5.92 Å². The van der Waals surface area contributed by atoms with Gasteiger partial charge in [0.05, 0.1) is 12.7 Å². The fourth-order valence-corrected chi connectivity index (χ4v) is 2.53. The van der Waals surface area contributed by atoms with Crippen molar-refractivity contribution in [1.29, 1.82) is 0 Å². The fourth-order valence-electron chi connectivity index (χ4n) is 2.53. The van der Waals surface area contributed by atoms with Gasteiger partial charge in [0.25, 0.3) is 0 Å². The van der Waals surface area contributed by atoms with Crippen LogP contribution in [0.5, 0.6) is 0 Å². The molecular formula is C15H28O6. The molecule has 124 valence electrons. The summed E-state index contributed by atoms with van der Waals surface area (Å²) in [5.74, 6) is 0.318. The van der Waals surface area contributed by atoms with E-state index in [2.05, 4.69) is 0 Å². The molecule has 0 saturated carbocycles. The third-order valence-electron chi connectivity index (χ3n) is 4.05. The normalized spacial score (nSPS) is 33.4. The average Bonchev–Trinajstić information content (AvgIpc) is 2.46. The van der Waals surface area contributed by atoms with E-state index < -0.39 is 37.1 Å². The lowest BCUT2D eigenvalue weighted by Gasteiger charge is -2.40. The molecule has 0 radical (unpaired) electrons. The Morgan fingerprint density at radius 2 is 1.62 bits per heavy atom. The van der Waals surface area contributed by atoms with Crippen molar-refractivity contribution >= 4 is 5.78 Å². The Morgan fingerprint density at radius 1 is 1.00 bits per heavy atom. The van der Waals surface area contributed by atoms with E-state index in [1.165, 1.54) is 0 Å². The summed E-state index contributed by atoms with van der Waals surface area (Å²) in [4.78, 5) is 11.5. The van der Waals surface area contributed by atoms with E-state index in [-0.39, 0.29) is 11.7 Å². The average molecular weight is 304 g/mol. The van der Waals surface area contributed by atoms with Gasteiger partial charge in [-0.05, 0) is 12.8 Å². The van der Waals surface area contributed by atoms with Crippen molar-refractivity contribution in [3.63, 3.8) is 0 Å². The fraction of sp³-hybridized carbons (Fsp3) is 0.933. The van der Waals surface area contributed by atoms with Crippen LogP contribution < -0.4 is 0 Å². The van der Waals surface area contributed by atoms with E-state index >= 15 is 0 Å². The van der Waals surface area contributed by atoms with E-state index in [1.54, 1.807) is 0 Å². The molecule has 0 amide bonds. The van der Waals surface area contributed by atoms with Gasteiger partial charge in [-0.15, -0.1) is 0 Å². The molecule has 1 heterocycles. The first kappa shape index (κ1) is 18.5. The maximum Gasteiger partial charge on any atom is 0.135 e. The summed E-state index contributed by atoms with van der Waals surface area (Å²) in [6.07, 6.45) is -1.70. The van der Waals surface area contributed by atoms with Gasteiger partial charge in [0.2, 0.25) is 0 Å². The van der Waals surface area contributed by atoms with Gasteiger partial charge in [0.15, 0.2) is 0 Å². The van der Waals surface area contributed by atoms with Crippen LogP contribution in [0.3, 0.4) is 0 Å². The molecule has 0 aromatic heterocycles. The first-order valence-electron chi connectivity index (χ1n) is 7.71. The number of aliphatic hydroxyl groups is 4. The molecule has 21 heavy (non-hydrogen) atoms. The molecule has 5 unspecified atom stereocenters. The highest BCUT2D eigenvalue weighted by Gasteiger charge is 2.42. The number of hydrogen-bond donors (Lipinski definition) is 4. The molecule has 0 spiro atoms. The number of ether oxygens (including phenoxy) is 1. The van der Waals surface area contributed by atoms with Crippen LogP contribution in [0.4, 0.5) is 0 Å². The zero-order valence-electron chi connectivity index (χ0n) is 12.8. The molecule has 0 aromatic carbocycles. The Morgan fingerprint density at radius 3 is 2.19 bits per heavy atom. The first-order chi connectivity index (χ1) is 9.88. The van der Waals surface area contributed by atoms with Crippen molar-refractivity contribution < 1.29 is 30.0 Å². The number of rotatable bonds is 8. The molecule has 0 aliphatic carbocycles.